The second kappa shape index (κ2) is 6.58. The highest BCUT2D eigenvalue weighted by molar-refractivity contribution is 7.83. The van der Waals surface area contributed by atoms with Crippen LogP contribution in [0.4, 0.5) is 5.69 Å². The molecule has 4 heteroatoms. The third kappa shape index (κ3) is 4.44. The fraction of sp³-hybridized carbons (Fsp3) is 0.455. The molecule has 0 aliphatic heterocycles. The van der Waals surface area contributed by atoms with E-state index < -0.39 is 11.0 Å². The third-order valence-corrected chi connectivity index (χ3v) is 3.27. The Morgan fingerprint density at radius 2 is 1.93 bits per heavy atom. The van der Waals surface area contributed by atoms with Gasteiger partial charge in [-0.05, 0) is 30.7 Å². The highest BCUT2D eigenvalue weighted by Gasteiger charge is 2.01. The van der Waals surface area contributed by atoms with E-state index in [-0.39, 0.29) is 0 Å². The van der Waals surface area contributed by atoms with Gasteiger partial charge < -0.3 is 5.73 Å². The standard InChI is InChI=1S/C11H18N2OS/c1-2-3-4-9-13-15(14)11-7-5-10(12)6-8-11/h5-8,13H,2-4,9,12H2,1H3. The summed E-state index contributed by atoms with van der Waals surface area (Å²) < 4.78 is 14.7. The lowest BCUT2D eigenvalue weighted by molar-refractivity contribution is 0.657. The Kier molecular flexibility index (Phi) is 5.36. The van der Waals surface area contributed by atoms with Crippen LogP contribution in [0.1, 0.15) is 26.2 Å². The second-order valence-electron chi connectivity index (χ2n) is 3.44. The van der Waals surface area contributed by atoms with Crippen molar-refractivity contribution in [1.29, 1.82) is 0 Å². The summed E-state index contributed by atoms with van der Waals surface area (Å²) in [5.74, 6) is 0. The van der Waals surface area contributed by atoms with Gasteiger partial charge in [0.25, 0.3) is 0 Å². The summed E-state index contributed by atoms with van der Waals surface area (Å²) in [6.07, 6.45) is 3.42. The summed E-state index contributed by atoms with van der Waals surface area (Å²) in [5.41, 5.74) is 6.24. The first-order valence-corrected chi connectivity index (χ1v) is 6.40. The van der Waals surface area contributed by atoms with E-state index in [9.17, 15) is 4.21 Å². The van der Waals surface area contributed by atoms with Crippen molar-refractivity contribution in [2.75, 3.05) is 12.3 Å². The molecular formula is C11H18N2OS. The molecule has 1 atom stereocenters. The van der Waals surface area contributed by atoms with Crippen LogP contribution in [-0.4, -0.2) is 10.8 Å². The van der Waals surface area contributed by atoms with Crippen LogP contribution in [0.3, 0.4) is 0 Å². The maximum Gasteiger partial charge on any atom is 0.124 e. The number of nitrogens with two attached hydrogens (primary N) is 1. The zero-order valence-corrected chi connectivity index (χ0v) is 9.85. The molecule has 3 N–H and O–H groups in total. The van der Waals surface area contributed by atoms with E-state index in [4.69, 9.17) is 5.73 Å². The first kappa shape index (κ1) is 12.2. The summed E-state index contributed by atoms with van der Waals surface area (Å²) in [5, 5.41) is 0. The summed E-state index contributed by atoms with van der Waals surface area (Å²) >= 11 is 0. The van der Waals surface area contributed by atoms with E-state index in [1.165, 1.54) is 12.8 Å². The molecule has 15 heavy (non-hydrogen) atoms. The molecule has 0 fully saturated rings. The Labute approximate surface area is 93.7 Å². The van der Waals surface area contributed by atoms with Gasteiger partial charge in [-0.3, -0.25) is 0 Å². The quantitative estimate of drug-likeness (QED) is 0.576. The highest BCUT2D eigenvalue weighted by atomic mass is 32.2. The fourth-order valence-electron chi connectivity index (χ4n) is 1.21. The minimum atomic E-state index is -1.10. The molecule has 1 rings (SSSR count). The van der Waals surface area contributed by atoms with Crippen LogP contribution in [0.25, 0.3) is 0 Å². The van der Waals surface area contributed by atoms with E-state index in [0.717, 1.165) is 17.9 Å². The van der Waals surface area contributed by atoms with Gasteiger partial charge in [-0.25, -0.2) is 8.93 Å². The summed E-state index contributed by atoms with van der Waals surface area (Å²) in [6.45, 7) is 2.95. The molecule has 84 valence electrons. The lowest BCUT2D eigenvalue weighted by atomic mass is 10.3. The number of benzene rings is 1. The van der Waals surface area contributed by atoms with Gasteiger partial charge >= 0.3 is 0 Å². The molecule has 0 aliphatic rings. The topological polar surface area (TPSA) is 55.1 Å². The monoisotopic (exact) mass is 226 g/mol. The van der Waals surface area contributed by atoms with E-state index in [1.54, 1.807) is 24.3 Å². The molecule has 0 amide bonds. The fourth-order valence-corrected chi connectivity index (χ4v) is 2.09. The predicted molar refractivity (Wildman–Crippen MR) is 64.8 cm³/mol. The normalized spacial score (nSPS) is 12.6. The number of nitrogens with one attached hydrogen (secondary N) is 1. The minimum absolute atomic E-state index is 0.696. The van der Waals surface area contributed by atoms with Crippen LogP contribution in [-0.2, 0) is 11.0 Å². The number of hydrogen-bond acceptors (Lipinski definition) is 2. The van der Waals surface area contributed by atoms with E-state index in [1.807, 2.05) is 0 Å². The molecule has 0 heterocycles. The predicted octanol–water partition coefficient (Wildman–Crippen LogP) is 2.07. The number of hydrogen-bond donors (Lipinski definition) is 2. The Balaban J connectivity index is 2.37. The average Bonchev–Trinajstić information content (AvgIpc) is 2.25. The molecule has 1 unspecified atom stereocenters. The van der Waals surface area contributed by atoms with Gasteiger partial charge in [0, 0.05) is 12.2 Å². The van der Waals surface area contributed by atoms with Crippen LogP contribution in [0.15, 0.2) is 29.2 Å². The van der Waals surface area contributed by atoms with Gasteiger partial charge in [0.2, 0.25) is 0 Å². The zero-order valence-electron chi connectivity index (χ0n) is 9.03. The Morgan fingerprint density at radius 1 is 1.27 bits per heavy atom. The number of unbranched alkanes of at least 4 members (excludes halogenated alkanes) is 2. The molecule has 0 aromatic heterocycles. The number of rotatable bonds is 6. The van der Waals surface area contributed by atoms with Crippen LogP contribution in [0.2, 0.25) is 0 Å². The molecule has 0 radical (unpaired) electrons. The molecule has 0 saturated heterocycles. The summed E-state index contributed by atoms with van der Waals surface area (Å²) in [7, 11) is -1.10. The number of anilines is 1. The van der Waals surface area contributed by atoms with Crippen molar-refractivity contribution in [3.63, 3.8) is 0 Å². The molecule has 3 nitrogen and oxygen atoms in total. The molecule has 0 aliphatic carbocycles. The van der Waals surface area contributed by atoms with Crippen LogP contribution < -0.4 is 10.5 Å². The smallest absolute Gasteiger partial charge is 0.124 e. The van der Waals surface area contributed by atoms with Gasteiger partial charge in [0.05, 0.1) is 4.90 Å². The second-order valence-corrected chi connectivity index (χ2v) is 4.74. The Bertz CT molecular complexity index is 311. The summed E-state index contributed by atoms with van der Waals surface area (Å²) in [6, 6.07) is 7.11. The average molecular weight is 226 g/mol. The minimum Gasteiger partial charge on any atom is -0.399 e. The van der Waals surface area contributed by atoms with Gasteiger partial charge in [0.15, 0.2) is 0 Å². The maximum absolute atomic E-state index is 11.7. The molecule has 1 aromatic carbocycles. The third-order valence-electron chi connectivity index (χ3n) is 2.11. The molecule has 0 saturated carbocycles. The Morgan fingerprint density at radius 3 is 2.53 bits per heavy atom. The first-order valence-electron chi connectivity index (χ1n) is 5.25. The highest BCUT2D eigenvalue weighted by Crippen LogP contribution is 2.08. The van der Waals surface area contributed by atoms with Gasteiger partial charge in [-0.1, -0.05) is 19.8 Å². The lowest BCUT2D eigenvalue weighted by Crippen LogP contribution is -2.18. The van der Waals surface area contributed by atoms with Crippen molar-refractivity contribution in [3.05, 3.63) is 24.3 Å². The lowest BCUT2D eigenvalue weighted by Gasteiger charge is -2.04. The SMILES string of the molecule is CCCCCNS(=O)c1ccc(N)cc1. The van der Waals surface area contributed by atoms with E-state index in [2.05, 4.69) is 11.6 Å². The van der Waals surface area contributed by atoms with Crippen molar-refractivity contribution in [3.8, 4) is 0 Å². The Hall–Kier alpha value is -0.870. The van der Waals surface area contributed by atoms with Gasteiger partial charge in [-0.15, -0.1) is 0 Å². The van der Waals surface area contributed by atoms with Crippen LogP contribution >= 0.6 is 0 Å². The van der Waals surface area contributed by atoms with Crippen LogP contribution in [0.5, 0.6) is 0 Å². The van der Waals surface area contributed by atoms with Crippen molar-refractivity contribution >= 4 is 16.7 Å². The largest absolute Gasteiger partial charge is 0.399 e. The summed E-state index contributed by atoms with van der Waals surface area (Å²) in [4.78, 5) is 0.778. The molecular weight excluding hydrogens is 208 g/mol. The van der Waals surface area contributed by atoms with Gasteiger partial charge in [0.1, 0.15) is 11.0 Å². The first-order chi connectivity index (χ1) is 7.24. The van der Waals surface area contributed by atoms with Crippen molar-refractivity contribution < 1.29 is 4.21 Å². The van der Waals surface area contributed by atoms with Crippen molar-refractivity contribution in [2.45, 2.75) is 31.1 Å². The van der Waals surface area contributed by atoms with Gasteiger partial charge in [-0.2, -0.15) is 0 Å². The van der Waals surface area contributed by atoms with Crippen molar-refractivity contribution in [2.24, 2.45) is 0 Å². The van der Waals surface area contributed by atoms with Crippen LogP contribution in [0, 0.1) is 0 Å². The van der Waals surface area contributed by atoms with E-state index in [0.29, 0.717) is 5.69 Å². The maximum atomic E-state index is 11.7. The molecule has 1 aromatic rings. The molecule has 0 bridgehead atoms. The zero-order chi connectivity index (χ0) is 11.1. The van der Waals surface area contributed by atoms with E-state index >= 15 is 0 Å². The number of nitrogen functional groups attached to an aromatic ring is 1. The van der Waals surface area contributed by atoms with Crippen molar-refractivity contribution in [1.82, 2.24) is 4.72 Å². The molecule has 0 spiro atoms.